The highest BCUT2D eigenvalue weighted by molar-refractivity contribution is 5.43. The molecule has 0 saturated heterocycles. The molecule has 0 unspecified atom stereocenters. The number of aromatic nitrogens is 3. The molecule has 0 N–H and O–H groups in total. The standard InChI is InChI=1S/C11H15N3O/c1-11(2,3)10-12-9-7-8(15-4)5-6-14(9)13-10/h5-7H,1-4H3. The van der Waals surface area contributed by atoms with Gasteiger partial charge in [0.05, 0.1) is 7.11 Å². The quantitative estimate of drug-likeness (QED) is 0.715. The van der Waals surface area contributed by atoms with Gasteiger partial charge in [0.2, 0.25) is 0 Å². The van der Waals surface area contributed by atoms with Crippen molar-refractivity contribution in [3.05, 3.63) is 24.2 Å². The summed E-state index contributed by atoms with van der Waals surface area (Å²) in [5.41, 5.74) is 0.790. The molecule has 2 aromatic heterocycles. The summed E-state index contributed by atoms with van der Waals surface area (Å²) < 4.78 is 6.90. The Hall–Kier alpha value is -1.58. The Kier molecular flexibility index (Phi) is 2.14. The summed E-state index contributed by atoms with van der Waals surface area (Å²) in [6.45, 7) is 6.29. The molecule has 0 aromatic carbocycles. The average molecular weight is 205 g/mol. The van der Waals surface area contributed by atoms with Gasteiger partial charge >= 0.3 is 0 Å². The second kappa shape index (κ2) is 3.22. The van der Waals surface area contributed by atoms with Crippen LogP contribution in [0.5, 0.6) is 5.75 Å². The molecular weight excluding hydrogens is 190 g/mol. The van der Waals surface area contributed by atoms with Gasteiger partial charge in [-0.25, -0.2) is 9.50 Å². The van der Waals surface area contributed by atoms with Gasteiger partial charge in [-0.3, -0.25) is 0 Å². The lowest BCUT2D eigenvalue weighted by molar-refractivity contribution is 0.414. The number of nitrogens with zero attached hydrogens (tertiary/aromatic N) is 3. The average Bonchev–Trinajstić information content (AvgIpc) is 2.59. The molecule has 0 bridgehead atoms. The van der Waals surface area contributed by atoms with Crippen LogP contribution < -0.4 is 4.74 Å². The molecule has 0 spiro atoms. The van der Waals surface area contributed by atoms with Gasteiger partial charge < -0.3 is 4.74 Å². The zero-order chi connectivity index (χ0) is 11.1. The van der Waals surface area contributed by atoms with Crippen LogP contribution in [-0.4, -0.2) is 21.7 Å². The first kappa shape index (κ1) is 9.96. The minimum absolute atomic E-state index is 0.0285. The van der Waals surface area contributed by atoms with Crippen molar-refractivity contribution in [3.8, 4) is 5.75 Å². The van der Waals surface area contributed by atoms with Crippen LogP contribution >= 0.6 is 0 Å². The van der Waals surface area contributed by atoms with Crippen molar-refractivity contribution in [3.63, 3.8) is 0 Å². The molecule has 0 fully saturated rings. The van der Waals surface area contributed by atoms with E-state index in [9.17, 15) is 0 Å². The van der Waals surface area contributed by atoms with E-state index < -0.39 is 0 Å². The third-order valence-corrected chi connectivity index (χ3v) is 2.22. The van der Waals surface area contributed by atoms with Crippen LogP contribution in [0.2, 0.25) is 0 Å². The molecule has 4 heteroatoms. The third kappa shape index (κ3) is 1.79. The lowest BCUT2D eigenvalue weighted by Crippen LogP contribution is -2.13. The molecule has 15 heavy (non-hydrogen) atoms. The van der Waals surface area contributed by atoms with E-state index in [0.717, 1.165) is 17.2 Å². The normalized spacial score (nSPS) is 12.0. The maximum absolute atomic E-state index is 5.14. The minimum Gasteiger partial charge on any atom is -0.497 e. The van der Waals surface area contributed by atoms with Gasteiger partial charge in [0.1, 0.15) is 5.75 Å². The first-order valence-electron chi connectivity index (χ1n) is 4.91. The van der Waals surface area contributed by atoms with Crippen LogP contribution in [0.1, 0.15) is 26.6 Å². The van der Waals surface area contributed by atoms with Crippen molar-refractivity contribution in [2.45, 2.75) is 26.2 Å². The van der Waals surface area contributed by atoms with E-state index in [1.165, 1.54) is 0 Å². The zero-order valence-corrected chi connectivity index (χ0v) is 9.48. The van der Waals surface area contributed by atoms with E-state index in [0.29, 0.717) is 0 Å². The van der Waals surface area contributed by atoms with Crippen molar-refractivity contribution in [2.75, 3.05) is 7.11 Å². The highest BCUT2D eigenvalue weighted by Gasteiger charge is 2.19. The molecule has 0 aliphatic heterocycles. The monoisotopic (exact) mass is 205 g/mol. The SMILES string of the molecule is COc1ccn2nc(C(C)(C)C)nc2c1. The topological polar surface area (TPSA) is 39.4 Å². The van der Waals surface area contributed by atoms with Crippen LogP contribution in [0.15, 0.2) is 18.3 Å². The van der Waals surface area contributed by atoms with Gasteiger partial charge in [-0.1, -0.05) is 20.8 Å². The van der Waals surface area contributed by atoms with Crippen molar-refractivity contribution in [1.82, 2.24) is 14.6 Å². The van der Waals surface area contributed by atoms with E-state index in [2.05, 4.69) is 30.9 Å². The number of hydrogen-bond acceptors (Lipinski definition) is 3. The molecule has 4 nitrogen and oxygen atoms in total. The summed E-state index contributed by atoms with van der Waals surface area (Å²) in [6.07, 6.45) is 1.86. The molecule has 0 amide bonds. The summed E-state index contributed by atoms with van der Waals surface area (Å²) in [4.78, 5) is 4.46. The number of pyridine rings is 1. The van der Waals surface area contributed by atoms with Crippen molar-refractivity contribution < 1.29 is 4.74 Å². The fourth-order valence-electron chi connectivity index (χ4n) is 1.31. The van der Waals surface area contributed by atoms with Crippen LogP contribution in [0.4, 0.5) is 0 Å². The fourth-order valence-corrected chi connectivity index (χ4v) is 1.31. The molecule has 0 saturated carbocycles. The number of hydrogen-bond donors (Lipinski definition) is 0. The van der Waals surface area contributed by atoms with Gasteiger partial charge in [0.25, 0.3) is 0 Å². The molecule has 2 heterocycles. The maximum Gasteiger partial charge on any atom is 0.159 e. The highest BCUT2D eigenvalue weighted by Crippen LogP contribution is 2.20. The Morgan fingerprint density at radius 3 is 2.67 bits per heavy atom. The number of fused-ring (bicyclic) bond motifs is 1. The molecule has 80 valence electrons. The van der Waals surface area contributed by atoms with Gasteiger partial charge in [-0.05, 0) is 6.07 Å². The van der Waals surface area contributed by atoms with Gasteiger partial charge in [0.15, 0.2) is 11.5 Å². The Morgan fingerprint density at radius 1 is 1.33 bits per heavy atom. The second-order valence-electron chi connectivity index (χ2n) is 4.55. The van der Waals surface area contributed by atoms with Crippen molar-refractivity contribution in [2.24, 2.45) is 0 Å². The molecule has 0 atom stereocenters. The molecule has 2 rings (SSSR count). The predicted octanol–water partition coefficient (Wildman–Crippen LogP) is 2.04. The second-order valence-corrected chi connectivity index (χ2v) is 4.55. The molecule has 0 aliphatic rings. The molecule has 0 aliphatic carbocycles. The van der Waals surface area contributed by atoms with Gasteiger partial charge in [0, 0.05) is 17.7 Å². The smallest absolute Gasteiger partial charge is 0.159 e. The summed E-state index contributed by atoms with van der Waals surface area (Å²) in [6, 6.07) is 3.75. The lowest BCUT2D eigenvalue weighted by Gasteiger charge is -2.11. The number of ether oxygens (including phenoxy) is 1. The van der Waals surface area contributed by atoms with Crippen molar-refractivity contribution in [1.29, 1.82) is 0 Å². The highest BCUT2D eigenvalue weighted by atomic mass is 16.5. The lowest BCUT2D eigenvalue weighted by atomic mass is 9.96. The van der Waals surface area contributed by atoms with E-state index in [-0.39, 0.29) is 5.41 Å². The molecular formula is C11H15N3O. The Labute approximate surface area is 88.9 Å². The number of methoxy groups -OCH3 is 1. The van der Waals surface area contributed by atoms with Crippen LogP contribution in [-0.2, 0) is 5.41 Å². The van der Waals surface area contributed by atoms with Crippen LogP contribution in [0, 0.1) is 0 Å². The van der Waals surface area contributed by atoms with E-state index >= 15 is 0 Å². The first-order chi connectivity index (χ1) is 7.00. The van der Waals surface area contributed by atoms with Crippen molar-refractivity contribution >= 4 is 5.65 Å². The van der Waals surface area contributed by atoms with Gasteiger partial charge in [-0.2, -0.15) is 5.10 Å². The third-order valence-electron chi connectivity index (χ3n) is 2.22. The number of rotatable bonds is 1. The summed E-state index contributed by atoms with van der Waals surface area (Å²) >= 11 is 0. The first-order valence-corrected chi connectivity index (χ1v) is 4.91. The maximum atomic E-state index is 5.14. The Balaban J connectivity index is 2.56. The van der Waals surface area contributed by atoms with E-state index in [1.807, 2.05) is 18.3 Å². The summed E-state index contributed by atoms with van der Waals surface area (Å²) in [7, 11) is 1.65. The summed E-state index contributed by atoms with van der Waals surface area (Å²) in [5.74, 6) is 1.64. The fraction of sp³-hybridized carbons (Fsp3) is 0.455. The summed E-state index contributed by atoms with van der Waals surface area (Å²) in [5, 5.41) is 4.41. The van der Waals surface area contributed by atoms with E-state index in [1.54, 1.807) is 11.6 Å². The Bertz CT molecular complexity index is 482. The van der Waals surface area contributed by atoms with Crippen LogP contribution in [0.3, 0.4) is 0 Å². The van der Waals surface area contributed by atoms with Crippen LogP contribution in [0.25, 0.3) is 5.65 Å². The predicted molar refractivity (Wildman–Crippen MR) is 58.2 cm³/mol. The zero-order valence-electron chi connectivity index (χ0n) is 9.48. The van der Waals surface area contributed by atoms with Gasteiger partial charge in [-0.15, -0.1) is 0 Å². The Morgan fingerprint density at radius 2 is 2.07 bits per heavy atom. The minimum atomic E-state index is -0.0285. The largest absolute Gasteiger partial charge is 0.497 e. The van der Waals surface area contributed by atoms with E-state index in [4.69, 9.17) is 4.74 Å². The molecule has 0 radical (unpaired) electrons. The molecule has 2 aromatic rings.